The molecule has 0 saturated carbocycles. The molecule has 0 spiro atoms. The fourth-order valence-corrected chi connectivity index (χ4v) is 3.49. The Hall–Kier alpha value is -2.69. The number of hydrogen-bond acceptors (Lipinski definition) is 6. The van der Waals surface area contributed by atoms with Crippen LogP contribution in [0.2, 0.25) is 0 Å². The molecule has 1 unspecified atom stereocenters. The number of nitrogens with zero attached hydrogens (tertiary/aromatic N) is 1. The first kappa shape index (κ1) is 20.6. The van der Waals surface area contributed by atoms with Crippen LogP contribution in [0.5, 0.6) is 0 Å². The average Bonchev–Trinajstić information content (AvgIpc) is 2.57. The average molecular weight is 405 g/mol. The molecule has 7 nitrogen and oxygen atoms in total. The van der Waals surface area contributed by atoms with E-state index in [9.17, 15) is 36.5 Å². The largest absolute Gasteiger partial charge is 0.534 e. The van der Waals surface area contributed by atoms with Crippen LogP contribution in [0.15, 0.2) is 48.8 Å². The third kappa shape index (κ3) is 3.59. The highest BCUT2D eigenvalue weighted by atomic mass is 32.2. The number of ketones is 1. The molecule has 1 aromatic carbocycles. The molecule has 0 heterocycles. The van der Waals surface area contributed by atoms with Crippen LogP contribution in [0, 0.1) is 10.1 Å². The maximum atomic E-state index is 12.8. The van der Waals surface area contributed by atoms with Crippen molar-refractivity contribution < 1.29 is 35.5 Å². The van der Waals surface area contributed by atoms with Gasteiger partial charge in [0.2, 0.25) is 0 Å². The fraction of sp³-hybridized carbons (Fsp3) is 0.312. The maximum absolute atomic E-state index is 12.8. The van der Waals surface area contributed by atoms with Crippen molar-refractivity contribution in [1.29, 1.82) is 0 Å². The van der Waals surface area contributed by atoms with E-state index in [0.717, 1.165) is 18.2 Å². The van der Waals surface area contributed by atoms with E-state index in [-0.39, 0.29) is 24.8 Å². The molecule has 0 amide bonds. The van der Waals surface area contributed by atoms with Crippen molar-refractivity contribution >= 4 is 21.6 Å². The van der Waals surface area contributed by atoms with Crippen LogP contribution in [-0.2, 0) is 24.5 Å². The van der Waals surface area contributed by atoms with E-state index in [0.29, 0.717) is 0 Å². The van der Waals surface area contributed by atoms with Crippen LogP contribution < -0.4 is 0 Å². The highest BCUT2D eigenvalue weighted by molar-refractivity contribution is 7.87. The zero-order valence-corrected chi connectivity index (χ0v) is 14.5. The lowest BCUT2D eigenvalue weighted by Gasteiger charge is -2.35. The first-order chi connectivity index (χ1) is 12.5. The molecule has 0 fully saturated rings. The first-order valence-corrected chi connectivity index (χ1v) is 8.97. The van der Waals surface area contributed by atoms with Gasteiger partial charge in [0.05, 0.1) is 10.5 Å². The van der Waals surface area contributed by atoms with Crippen molar-refractivity contribution in [2.45, 2.75) is 30.2 Å². The standard InChI is InChI=1S/C16H14F3NO6S/c1-2-10-15(11-6-3-4-7-12(11)20(22)23)13(21)8-5-9-14(15)26-27(24,25)16(17,18)19/h2-4,6-7,9H,1,5,8,10H2. The Balaban J connectivity index is 2.76. The van der Waals surface area contributed by atoms with E-state index in [4.69, 9.17) is 0 Å². The lowest BCUT2D eigenvalue weighted by molar-refractivity contribution is -0.386. The van der Waals surface area contributed by atoms with Gasteiger partial charge in [-0.05, 0) is 18.9 Å². The van der Waals surface area contributed by atoms with Crippen LogP contribution in [-0.4, -0.2) is 24.6 Å². The molecule has 2 rings (SSSR count). The Morgan fingerprint density at radius 1 is 1.33 bits per heavy atom. The van der Waals surface area contributed by atoms with Crippen molar-refractivity contribution in [3.8, 4) is 0 Å². The van der Waals surface area contributed by atoms with Gasteiger partial charge in [0.25, 0.3) is 5.69 Å². The van der Waals surface area contributed by atoms with Gasteiger partial charge >= 0.3 is 15.6 Å². The van der Waals surface area contributed by atoms with Crippen molar-refractivity contribution in [2.75, 3.05) is 0 Å². The second-order valence-corrected chi connectivity index (χ2v) is 7.22. The third-order valence-corrected chi connectivity index (χ3v) is 5.06. The number of benzene rings is 1. The lowest BCUT2D eigenvalue weighted by Crippen LogP contribution is -2.43. The van der Waals surface area contributed by atoms with E-state index >= 15 is 0 Å². The van der Waals surface area contributed by atoms with Gasteiger partial charge in [-0.15, -0.1) is 6.58 Å². The van der Waals surface area contributed by atoms with Crippen molar-refractivity contribution in [2.24, 2.45) is 0 Å². The number of nitro benzene ring substituents is 1. The monoisotopic (exact) mass is 405 g/mol. The van der Waals surface area contributed by atoms with Crippen LogP contribution in [0.3, 0.4) is 0 Å². The number of carbonyl (C=O) groups is 1. The number of allylic oxidation sites excluding steroid dienone is 3. The molecule has 1 atom stereocenters. The van der Waals surface area contributed by atoms with Gasteiger partial charge < -0.3 is 4.18 Å². The Bertz CT molecular complexity index is 922. The zero-order chi connectivity index (χ0) is 20.5. The van der Waals surface area contributed by atoms with Gasteiger partial charge in [-0.25, -0.2) is 0 Å². The molecular weight excluding hydrogens is 391 g/mol. The maximum Gasteiger partial charge on any atom is 0.534 e. The van der Waals surface area contributed by atoms with E-state index in [1.165, 1.54) is 18.2 Å². The summed E-state index contributed by atoms with van der Waals surface area (Å²) in [5, 5.41) is 11.4. The van der Waals surface area contributed by atoms with Gasteiger partial charge in [-0.3, -0.25) is 14.9 Å². The summed E-state index contributed by atoms with van der Waals surface area (Å²) >= 11 is 0. The summed E-state index contributed by atoms with van der Waals surface area (Å²) in [5.74, 6) is -1.52. The summed E-state index contributed by atoms with van der Waals surface area (Å²) < 4.78 is 65.6. The minimum absolute atomic E-state index is 0.0684. The molecule has 0 aromatic heterocycles. The molecular formula is C16H14F3NO6S. The summed E-state index contributed by atoms with van der Waals surface area (Å²) in [5.41, 5.74) is -8.63. The minimum Gasteiger partial charge on any atom is -0.379 e. The molecule has 0 saturated heterocycles. The molecule has 0 N–H and O–H groups in total. The number of rotatable bonds is 6. The number of alkyl halides is 3. The third-order valence-electron chi connectivity index (χ3n) is 4.09. The number of hydrogen-bond donors (Lipinski definition) is 0. The highest BCUT2D eigenvalue weighted by Crippen LogP contribution is 2.47. The molecule has 1 aliphatic carbocycles. The van der Waals surface area contributed by atoms with E-state index in [2.05, 4.69) is 10.8 Å². The van der Waals surface area contributed by atoms with Crippen LogP contribution >= 0.6 is 0 Å². The van der Waals surface area contributed by atoms with Gasteiger partial charge in [0.1, 0.15) is 11.2 Å². The first-order valence-electron chi connectivity index (χ1n) is 7.57. The molecule has 146 valence electrons. The topological polar surface area (TPSA) is 104 Å². The normalized spacial score (nSPS) is 20.7. The SMILES string of the molecule is C=CCC1(c2ccccc2[N+](=O)[O-])C(=O)CCC=C1OS(=O)(=O)C(F)(F)F. The zero-order valence-electron chi connectivity index (χ0n) is 13.7. The molecule has 0 radical (unpaired) electrons. The summed E-state index contributed by atoms with van der Waals surface area (Å²) in [6, 6.07) is 4.92. The summed E-state index contributed by atoms with van der Waals surface area (Å²) in [6.45, 7) is 3.44. The van der Waals surface area contributed by atoms with Crippen LogP contribution in [0.4, 0.5) is 18.9 Å². The van der Waals surface area contributed by atoms with E-state index in [1.54, 1.807) is 0 Å². The van der Waals surface area contributed by atoms with E-state index in [1.807, 2.05) is 0 Å². The Morgan fingerprint density at radius 2 is 1.96 bits per heavy atom. The van der Waals surface area contributed by atoms with Gasteiger partial charge in [-0.2, -0.15) is 21.6 Å². The summed E-state index contributed by atoms with van der Waals surface area (Å²) in [4.78, 5) is 23.3. The smallest absolute Gasteiger partial charge is 0.379 e. The molecule has 11 heteroatoms. The predicted molar refractivity (Wildman–Crippen MR) is 88.0 cm³/mol. The van der Waals surface area contributed by atoms with Crippen LogP contribution in [0.1, 0.15) is 24.8 Å². The second-order valence-electron chi connectivity index (χ2n) is 5.69. The number of carbonyl (C=O) groups excluding carboxylic acids is 1. The lowest BCUT2D eigenvalue weighted by atomic mass is 9.68. The van der Waals surface area contributed by atoms with Crippen molar-refractivity contribution in [1.82, 2.24) is 0 Å². The highest BCUT2D eigenvalue weighted by Gasteiger charge is 2.55. The van der Waals surface area contributed by atoms with Gasteiger partial charge in [0.15, 0.2) is 5.78 Å². The molecule has 1 aromatic rings. The summed E-state index contributed by atoms with van der Waals surface area (Å²) in [7, 11) is -6.08. The number of Topliss-reactive ketones (excluding diaryl/α,β-unsaturated/α-hetero) is 1. The number of nitro groups is 1. The second kappa shape index (κ2) is 7.14. The Kier molecular flexibility index (Phi) is 5.45. The number of para-hydroxylation sites is 1. The minimum atomic E-state index is -6.08. The molecule has 0 bridgehead atoms. The molecule has 0 aliphatic heterocycles. The van der Waals surface area contributed by atoms with Crippen molar-refractivity contribution in [3.05, 3.63) is 64.4 Å². The van der Waals surface area contributed by atoms with E-state index < -0.39 is 43.2 Å². The van der Waals surface area contributed by atoms with Gasteiger partial charge in [-0.1, -0.05) is 24.3 Å². The quantitative estimate of drug-likeness (QED) is 0.236. The van der Waals surface area contributed by atoms with Gasteiger partial charge in [0, 0.05) is 12.5 Å². The Labute approximate surface area is 152 Å². The fourth-order valence-electron chi connectivity index (χ4n) is 2.95. The number of halogens is 3. The Morgan fingerprint density at radius 3 is 2.52 bits per heavy atom. The predicted octanol–water partition coefficient (Wildman–Crippen LogP) is 3.52. The summed E-state index contributed by atoms with van der Waals surface area (Å²) in [6.07, 6.45) is 1.60. The van der Waals surface area contributed by atoms with Crippen molar-refractivity contribution in [3.63, 3.8) is 0 Å². The molecule has 1 aliphatic rings. The van der Waals surface area contributed by atoms with Crippen LogP contribution in [0.25, 0.3) is 0 Å². The molecule has 27 heavy (non-hydrogen) atoms.